The van der Waals surface area contributed by atoms with Crippen molar-refractivity contribution in [3.05, 3.63) is 35.2 Å². The summed E-state index contributed by atoms with van der Waals surface area (Å²) in [5, 5.41) is 9.04. The van der Waals surface area contributed by atoms with Crippen LogP contribution >= 0.6 is 23.4 Å². The molecule has 0 bridgehead atoms. The van der Waals surface area contributed by atoms with Crippen LogP contribution < -0.4 is 4.74 Å². The van der Waals surface area contributed by atoms with E-state index >= 15 is 0 Å². The van der Waals surface area contributed by atoms with Gasteiger partial charge in [-0.2, -0.15) is 0 Å². The maximum Gasteiger partial charge on any atom is 0.276 e. The molecule has 5 nitrogen and oxygen atoms in total. The normalized spacial score (nSPS) is 10.7. The quantitative estimate of drug-likeness (QED) is 0.549. The largest absolute Gasteiger partial charge is 0.484 e. The Morgan fingerprint density at radius 2 is 2.05 bits per heavy atom. The molecule has 20 heavy (non-hydrogen) atoms. The summed E-state index contributed by atoms with van der Waals surface area (Å²) in [7, 11) is 0. The fraction of sp³-hybridized carbons (Fsp3) is 0.385. The van der Waals surface area contributed by atoms with Crippen LogP contribution in [0.15, 0.2) is 33.9 Å². The smallest absolute Gasteiger partial charge is 0.276 e. The molecule has 0 aliphatic rings. The first-order valence-electron chi connectivity index (χ1n) is 6.19. The van der Waals surface area contributed by atoms with E-state index in [-0.39, 0.29) is 6.61 Å². The molecule has 0 atom stereocenters. The third-order valence-corrected chi connectivity index (χ3v) is 3.32. The van der Waals surface area contributed by atoms with Crippen molar-refractivity contribution in [2.45, 2.75) is 18.8 Å². The number of thioether (sulfide) groups is 1. The molecular weight excluding hydrogens is 300 g/mol. The molecule has 0 N–H and O–H groups in total. The van der Waals surface area contributed by atoms with E-state index in [1.807, 2.05) is 6.92 Å². The Bertz CT molecular complexity index is 519. The highest BCUT2D eigenvalue weighted by atomic mass is 35.5. The highest BCUT2D eigenvalue weighted by molar-refractivity contribution is 7.99. The van der Waals surface area contributed by atoms with Gasteiger partial charge in [0, 0.05) is 17.4 Å². The van der Waals surface area contributed by atoms with Crippen LogP contribution in [-0.2, 0) is 11.3 Å². The summed E-state index contributed by atoms with van der Waals surface area (Å²) in [5.74, 6) is 1.94. The maximum absolute atomic E-state index is 5.79. The molecule has 0 unspecified atom stereocenters. The standard InChI is InChI=1S/C13H15ClN2O3S/c1-2-17-7-8-20-13-16-15-12(19-13)9-18-11-5-3-10(14)4-6-11/h3-6H,2,7-9H2,1H3. The van der Waals surface area contributed by atoms with Gasteiger partial charge in [-0.05, 0) is 31.2 Å². The number of halogens is 1. The lowest BCUT2D eigenvalue weighted by atomic mass is 10.3. The van der Waals surface area contributed by atoms with Crippen molar-refractivity contribution in [3.63, 3.8) is 0 Å². The first-order valence-corrected chi connectivity index (χ1v) is 7.55. The molecule has 1 aromatic carbocycles. The first-order chi connectivity index (χ1) is 9.78. The molecule has 2 aromatic rings. The average Bonchev–Trinajstić information content (AvgIpc) is 2.91. The van der Waals surface area contributed by atoms with Gasteiger partial charge in [0.25, 0.3) is 11.1 Å². The highest BCUT2D eigenvalue weighted by Gasteiger charge is 2.07. The van der Waals surface area contributed by atoms with E-state index in [1.165, 1.54) is 11.8 Å². The third-order valence-electron chi connectivity index (χ3n) is 2.28. The van der Waals surface area contributed by atoms with Crippen molar-refractivity contribution < 1.29 is 13.9 Å². The predicted octanol–water partition coefficient (Wildman–Crippen LogP) is 3.43. The van der Waals surface area contributed by atoms with E-state index in [0.29, 0.717) is 35.1 Å². The van der Waals surface area contributed by atoms with Crippen LogP contribution in [0, 0.1) is 0 Å². The van der Waals surface area contributed by atoms with Gasteiger partial charge in [0.2, 0.25) is 0 Å². The van der Waals surface area contributed by atoms with Gasteiger partial charge >= 0.3 is 0 Å². The van der Waals surface area contributed by atoms with Crippen molar-refractivity contribution in [1.82, 2.24) is 10.2 Å². The number of ether oxygens (including phenoxy) is 2. The molecule has 0 aliphatic carbocycles. The minimum absolute atomic E-state index is 0.237. The first kappa shape index (κ1) is 15.2. The summed E-state index contributed by atoms with van der Waals surface area (Å²) < 4.78 is 16.2. The maximum atomic E-state index is 5.79. The topological polar surface area (TPSA) is 57.4 Å². The number of benzene rings is 1. The Morgan fingerprint density at radius 3 is 2.80 bits per heavy atom. The summed E-state index contributed by atoms with van der Waals surface area (Å²) >= 11 is 7.26. The average molecular weight is 315 g/mol. The van der Waals surface area contributed by atoms with Gasteiger partial charge in [0.15, 0.2) is 6.61 Å². The monoisotopic (exact) mass is 314 g/mol. The summed E-state index contributed by atoms with van der Waals surface area (Å²) in [6.45, 7) is 3.58. The van der Waals surface area contributed by atoms with Gasteiger partial charge in [-0.15, -0.1) is 10.2 Å². The molecule has 2 rings (SSSR count). The van der Waals surface area contributed by atoms with E-state index in [2.05, 4.69) is 10.2 Å². The Labute approximate surface area is 126 Å². The van der Waals surface area contributed by atoms with Crippen LogP contribution in [0.4, 0.5) is 0 Å². The van der Waals surface area contributed by atoms with Gasteiger partial charge in [-0.1, -0.05) is 23.4 Å². The molecule has 7 heteroatoms. The van der Waals surface area contributed by atoms with Gasteiger partial charge < -0.3 is 13.9 Å². The lowest BCUT2D eigenvalue weighted by Gasteiger charge is -2.02. The number of rotatable bonds is 8. The van der Waals surface area contributed by atoms with Crippen LogP contribution in [0.5, 0.6) is 5.75 Å². The Morgan fingerprint density at radius 1 is 1.25 bits per heavy atom. The Hall–Kier alpha value is -1.24. The number of nitrogens with zero attached hydrogens (tertiary/aromatic N) is 2. The molecule has 1 heterocycles. The van der Waals surface area contributed by atoms with Crippen molar-refractivity contribution in [1.29, 1.82) is 0 Å². The molecule has 0 fully saturated rings. The Balaban J connectivity index is 1.76. The van der Waals surface area contributed by atoms with E-state index < -0.39 is 0 Å². The van der Waals surface area contributed by atoms with E-state index in [4.69, 9.17) is 25.5 Å². The van der Waals surface area contributed by atoms with Crippen molar-refractivity contribution in [2.75, 3.05) is 19.0 Å². The second-order valence-electron chi connectivity index (χ2n) is 3.75. The van der Waals surface area contributed by atoms with Gasteiger partial charge in [-0.3, -0.25) is 0 Å². The molecule has 108 valence electrons. The van der Waals surface area contributed by atoms with E-state index in [9.17, 15) is 0 Å². The third kappa shape index (κ3) is 5.03. The summed E-state index contributed by atoms with van der Waals surface area (Å²) in [6, 6.07) is 7.10. The zero-order valence-corrected chi connectivity index (χ0v) is 12.6. The molecule has 0 radical (unpaired) electrons. The van der Waals surface area contributed by atoms with E-state index in [1.54, 1.807) is 24.3 Å². The van der Waals surface area contributed by atoms with Crippen LogP contribution in [-0.4, -0.2) is 29.2 Å². The fourth-order valence-electron chi connectivity index (χ4n) is 1.36. The van der Waals surface area contributed by atoms with Crippen LogP contribution in [0.2, 0.25) is 5.02 Å². The second kappa shape index (κ2) is 8.14. The van der Waals surface area contributed by atoms with Crippen molar-refractivity contribution >= 4 is 23.4 Å². The van der Waals surface area contributed by atoms with Gasteiger partial charge in [-0.25, -0.2) is 0 Å². The molecular formula is C13H15ClN2O3S. The molecule has 0 saturated heterocycles. The molecule has 1 aromatic heterocycles. The minimum Gasteiger partial charge on any atom is -0.484 e. The zero-order chi connectivity index (χ0) is 14.2. The number of hydrogen-bond acceptors (Lipinski definition) is 6. The fourth-order valence-corrected chi connectivity index (χ4v) is 2.12. The highest BCUT2D eigenvalue weighted by Crippen LogP contribution is 2.19. The molecule has 0 aliphatic heterocycles. The zero-order valence-electron chi connectivity index (χ0n) is 11.0. The minimum atomic E-state index is 0.237. The van der Waals surface area contributed by atoms with Crippen LogP contribution in [0.3, 0.4) is 0 Å². The van der Waals surface area contributed by atoms with Crippen LogP contribution in [0.1, 0.15) is 12.8 Å². The molecule has 0 spiro atoms. The molecule has 0 amide bonds. The summed E-state index contributed by atoms with van der Waals surface area (Å²) in [5.41, 5.74) is 0. The molecule has 0 saturated carbocycles. The summed E-state index contributed by atoms with van der Waals surface area (Å²) in [6.07, 6.45) is 0. The van der Waals surface area contributed by atoms with Crippen molar-refractivity contribution in [3.8, 4) is 5.75 Å². The van der Waals surface area contributed by atoms with Crippen LogP contribution in [0.25, 0.3) is 0 Å². The lowest BCUT2D eigenvalue weighted by Crippen LogP contribution is -1.95. The second-order valence-corrected chi connectivity index (χ2v) is 5.23. The lowest BCUT2D eigenvalue weighted by molar-refractivity contribution is 0.164. The predicted molar refractivity (Wildman–Crippen MR) is 77.3 cm³/mol. The Kier molecular flexibility index (Phi) is 6.17. The number of aromatic nitrogens is 2. The number of hydrogen-bond donors (Lipinski definition) is 0. The van der Waals surface area contributed by atoms with E-state index in [0.717, 1.165) is 5.75 Å². The van der Waals surface area contributed by atoms with Gasteiger partial charge in [0.05, 0.1) is 6.61 Å². The summed E-state index contributed by atoms with van der Waals surface area (Å²) in [4.78, 5) is 0. The van der Waals surface area contributed by atoms with Gasteiger partial charge in [0.1, 0.15) is 5.75 Å². The van der Waals surface area contributed by atoms with Crippen molar-refractivity contribution in [2.24, 2.45) is 0 Å². The SMILES string of the molecule is CCOCCSc1nnc(COc2ccc(Cl)cc2)o1.